The van der Waals surface area contributed by atoms with Crippen molar-refractivity contribution < 1.29 is 10.0 Å². The van der Waals surface area contributed by atoms with E-state index in [9.17, 15) is 15.2 Å². The fraction of sp³-hybridized carbons (Fsp3) is 0.500. The third-order valence-corrected chi connectivity index (χ3v) is 4.84. The SMILES string of the molecule is Cc1nc2cc(N3CCCC(CO)C3)c([N+](=O)[O-])cc2s1. The lowest BCUT2D eigenvalue weighted by Crippen LogP contribution is -2.37. The summed E-state index contributed by atoms with van der Waals surface area (Å²) < 4.78 is 0.846. The zero-order chi connectivity index (χ0) is 15.0. The molecule has 21 heavy (non-hydrogen) atoms. The minimum absolute atomic E-state index is 0.127. The average Bonchev–Trinajstić information content (AvgIpc) is 2.85. The highest BCUT2D eigenvalue weighted by atomic mass is 32.1. The van der Waals surface area contributed by atoms with Gasteiger partial charge < -0.3 is 10.0 Å². The molecule has 0 amide bonds. The largest absolute Gasteiger partial charge is 0.396 e. The number of piperidine rings is 1. The standard InChI is InChI=1S/C14H17N3O3S/c1-9-15-11-5-12(13(17(19)20)6-14(11)21-9)16-4-2-3-10(7-16)8-18/h5-6,10,18H,2-4,7-8H2,1H3. The molecule has 0 bridgehead atoms. The first-order valence-corrected chi connectivity index (χ1v) is 7.81. The molecule has 0 saturated carbocycles. The maximum Gasteiger partial charge on any atom is 0.294 e. The second-order valence-corrected chi connectivity index (χ2v) is 6.67. The molecule has 7 heteroatoms. The summed E-state index contributed by atoms with van der Waals surface area (Å²) in [7, 11) is 0. The number of nitro benzene ring substituents is 1. The number of thiazole rings is 1. The molecular formula is C14H17N3O3S. The van der Waals surface area contributed by atoms with Crippen molar-refractivity contribution >= 4 is 32.9 Å². The molecule has 6 nitrogen and oxygen atoms in total. The summed E-state index contributed by atoms with van der Waals surface area (Å²) in [6.07, 6.45) is 1.91. The van der Waals surface area contributed by atoms with E-state index in [1.54, 1.807) is 6.07 Å². The normalized spacial score (nSPS) is 19.1. The third kappa shape index (κ3) is 2.71. The lowest BCUT2D eigenvalue weighted by Gasteiger charge is -2.33. The highest BCUT2D eigenvalue weighted by Gasteiger charge is 2.26. The first kappa shape index (κ1) is 14.2. The van der Waals surface area contributed by atoms with Crippen LogP contribution in [-0.4, -0.2) is 34.7 Å². The van der Waals surface area contributed by atoms with E-state index < -0.39 is 0 Å². The van der Waals surface area contributed by atoms with Gasteiger partial charge in [-0.05, 0) is 31.7 Å². The number of anilines is 1. The molecule has 1 atom stereocenters. The Morgan fingerprint density at radius 1 is 1.57 bits per heavy atom. The van der Waals surface area contributed by atoms with Crippen molar-refractivity contribution in [2.45, 2.75) is 19.8 Å². The van der Waals surface area contributed by atoms with Crippen molar-refractivity contribution in [3.63, 3.8) is 0 Å². The van der Waals surface area contributed by atoms with Crippen LogP contribution in [-0.2, 0) is 0 Å². The molecule has 1 aliphatic rings. The van der Waals surface area contributed by atoms with Gasteiger partial charge >= 0.3 is 0 Å². The first-order chi connectivity index (χ1) is 10.1. The molecule has 0 radical (unpaired) electrons. The maximum atomic E-state index is 11.4. The molecule has 1 saturated heterocycles. The fourth-order valence-corrected chi connectivity index (χ4v) is 3.74. The summed E-state index contributed by atoms with van der Waals surface area (Å²) in [6.45, 7) is 3.47. The van der Waals surface area contributed by atoms with E-state index >= 15 is 0 Å². The van der Waals surface area contributed by atoms with Crippen molar-refractivity contribution in [1.29, 1.82) is 0 Å². The second kappa shape index (κ2) is 5.57. The lowest BCUT2D eigenvalue weighted by atomic mass is 9.98. The number of hydrogen-bond acceptors (Lipinski definition) is 6. The van der Waals surface area contributed by atoms with Crippen LogP contribution in [0.2, 0.25) is 0 Å². The number of nitrogens with zero attached hydrogens (tertiary/aromatic N) is 3. The zero-order valence-corrected chi connectivity index (χ0v) is 12.6. The number of aliphatic hydroxyl groups excluding tert-OH is 1. The minimum atomic E-state index is -0.327. The number of benzene rings is 1. The van der Waals surface area contributed by atoms with Crippen LogP contribution in [0.25, 0.3) is 10.2 Å². The molecular weight excluding hydrogens is 290 g/mol. The third-order valence-electron chi connectivity index (χ3n) is 3.91. The zero-order valence-electron chi connectivity index (χ0n) is 11.8. The van der Waals surface area contributed by atoms with Crippen LogP contribution in [0, 0.1) is 23.0 Å². The average molecular weight is 307 g/mol. The van der Waals surface area contributed by atoms with Gasteiger partial charge in [-0.1, -0.05) is 0 Å². The Morgan fingerprint density at radius 2 is 2.38 bits per heavy atom. The molecule has 1 aliphatic heterocycles. The van der Waals surface area contributed by atoms with E-state index in [4.69, 9.17) is 0 Å². The lowest BCUT2D eigenvalue weighted by molar-refractivity contribution is -0.384. The van der Waals surface area contributed by atoms with Crippen molar-refractivity contribution in [3.8, 4) is 0 Å². The highest BCUT2D eigenvalue weighted by molar-refractivity contribution is 7.18. The van der Waals surface area contributed by atoms with E-state index in [2.05, 4.69) is 4.98 Å². The Morgan fingerprint density at radius 3 is 3.10 bits per heavy atom. The second-order valence-electron chi connectivity index (χ2n) is 5.44. The van der Waals surface area contributed by atoms with Crippen molar-refractivity contribution in [3.05, 3.63) is 27.3 Å². The number of aryl methyl sites for hydroxylation is 1. The molecule has 2 heterocycles. The Labute approximate surface area is 126 Å². The summed E-state index contributed by atoms with van der Waals surface area (Å²) in [6, 6.07) is 3.44. The van der Waals surface area contributed by atoms with Crippen LogP contribution < -0.4 is 4.90 Å². The molecule has 1 N–H and O–H groups in total. The van der Waals surface area contributed by atoms with Gasteiger partial charge in [0, 0.05) is 25.8 Å². The Hall–Kier alpha value is -1.73. The van der Waals surface area contributed by atoms with E-state index in [1.807, 2.05) is 17.9 Å². The highest BCUT2D eigenvalue weighted by Crippen LogP contribution is 2.36. The quantitative estimate of drug-likeness (QED) is 0.696. The molecule has 0 spiro atoms. The summed E-state index contributed by atoms with van der Waals surface area (Å²) >= 11 is 1.47. The Balaban J connectivity index is 2.06. The van der Waals surface area contributed by atoms with Gasteiger partial charge in [0.05, 0.1) is 20.1 Å². The maximum absolute atomic E-state index is 11.4. The monoisotopic (exact) mass is 307 g/mol. The summed E-state index contributed by atoms with van der Waals surface area (Å²) in [5.41, 5.74) is 1.56. The molecule has 1 aromatic carbocycles. The number of aliphatic hydroxyl groups is 1. The molecule has 3 rings (SSSR count). The fourth-order valence-electron chi connectivity index (χ4n) is 2.90. The topological polar surface area (TPSA) is 79.5 Å². The smallest absolute Gasteiger partial charge is 0.294 e. The number of nitro groups is 1. The van der Waals surface area contributed by atoms with E-state index in [0.717, 1.165) is 34.6 Å². The van der Waals surface area contributed by atoms with Gasteiger partial charge in [-0.3, -0.25) is 10.1 Å². The molecule has 112 valence electrons. The van der Waals surface area contributed by atoms with Gasteiger partial charge in [0.15, 0.2) is 0 Å². The van der Waals surface area contributed by atoms with Gasteiger partial charge in [-0.15, -0.1) is 11.3 Å². The summed E-state index contributed by atoms with van der Waals surface area (Å²) in [5.74, 6) is 0.186. The van der Waals surface area contributed by atoms with Crippen molar-refractivity contribution in [2.75, 3.05) is 24.6 Å². The molecule has 1 unspecified atom stereocenters. The van der Waals surface area contributed by atoms with Crippen LogP contribution in [0.3, 0.4) is 0 Å². The van der Waals surface area contributed by atoms with Gasteiger partial charge in [-0.2, -0.15) is 0 Å². The number of rotatable bonds is 3. The van der Waals surface area contributed by atoms with Crippen LogP contribution in [0.1, 0.15) is 17.8 Å². The van der Waals surface area contributed by atoms with Crippen molar-refractivity contribution in [2.24, 2.45) is 5.92 Å². The van der Waals surface area contributed by atoms with Gasteiger partial charge in [0.2, 0.25) is 0 Å². The van der Waals surface area contributed by atoms with Gasteiger partial charge in [0.1, 0.15) is 5.69 Å². The predicted molar refractivity (Wildman–Crippen MR) is 83.0 cm³/mol. The van der Waals surface area contributed by atoms with Crippen LogP contribution in [0.5, 0.6) is 0 Å². The Bertz CT molecular complexity index is 685. The molecule has 1 aromatic heterocycles. The predicted octanol–water partition coefficient (Wildman–Crippen LogP) is 2.72. The number of hydrogen-bond donors (Lipinski definition) is 1. The van der Waals surface area contributed by atoms with E-state index in [0.29, 0.717) is 12.2 Å². The van der Waals surface area contributed by atoms with Crippen LogP contribution in [0.4, 0.5) is 11.4 Å². The summed E-state index contributed by atoms with van der Waals surface area (Å²) in [5, 5.41) is 21.6. The molecule has 2 aromatic rings. The van der Waals surface area contributed by atoms with Crippen LogP contribution in [0.15, 0.2) is 12.1 Å². The Kier molecular flexibility index (Phi) is 3.77. The van der Waals surface area contributed by atoms with Crippen LogP contribution >= 0.6 is 11.3 Å². The van der Waals surface area contributed by atoms with Gasteiger partial charge in [0.25, 0.3) is 5.69 Å². The number of aromatic nitrogens is 1. The summed E-state index contributed by atoms with van der Waals surface area (Å²) in [4.78, 5) is 17.5. The van der Waals surface area contributed by atoms with E-state index in [-0.39, 0.29) is 23.1 Å². The van der Waals surface area contributed by atoms with Gasteiger partial charge in [-0.25, -0.2) is 4.98 Å². The number of fused-ring (bicyclic) bond motifs is 1. The van der Waals surface area contributed by atoms with Crippen molar-refractivity contribution in [1.82, 2.24) is 4.98 Å². The van der Waals surface area contributed by atoms with E-state index in [1.165, 1.54) is 11.3 Å². The first-order valence-electron chi connectivity index (χ1n) is 7.00. The molecule has 1 fully saturated rings. The molecule has 0 aliphatic carbocycles. The minimum Gasteiger partial charge on any atom is -0.396 e.